The van der Waals surface area contributed by atoms with E-state index < -0.39 is 0 Å². The lowest BCUT2D eigenvalue weighted by Gasteiger charge is -2.22. The van der Waals surface area contributed by atoms with E-state index in [1.807, 2.05) is 43.3 Å². The Hall–Kier alpha value is -1.88. The average molecular weight is 353 g/mol. The predicted octanol–water partition coefficient (Wildman–Crippen LogP) is 3.85. The topological polar surface area (TPSA) is 54.9 Å². The smallest absolute Gasteiger partial charge is 0.230 e. The number of aromatic nitrogens is 2. The molecule has 25 heavy (non-hydrogen) atoms. The summed E-state index contributed by atoms with van der Waals surface area (Å²) in [5.41, 5.74) is 2.90. The monoisotopic (exact) mass is 353 g/mol. The van der Waals surface area contributed by atoms with Gasteiger partial charge in [-0.1, -0.05) is 48.5 Å². The molecule has 2 saturated carbocycles. The highest BCUT2D eigenvalue weighted by atomic mass is 32.2. The van der Waals surface area contributed by atoms with Crippen LogP contribution in [0, 0.1) is 18.8 Å². The van der Waals surface area contributed by atoms with Gasteiger partial charge in [-0.25, -0.2) is 9.97 Å². The third-order valence-electron chi connectivity index (χ3n) is 5.32. The lowest BCUT2D eigenvalue weighted by Crippen LogP contribution is -2.39. The molecule has 4 rings (SSSR count). The molecule has 1 aromatic carbocycles. The molecule has 0 radical (unpaired) electrons. The molecule has 5 heteroatoms. The summed E-state index contributed by atoms with van der Waals surface area (Å²) < 4.78 is 0. The molecule has 1 heterocycles. The van der Waals surface area contributed by atoms with E-state index in [9.17, 15) is 4.79 Å². The third kappa shape index (κ3) is 3.87. The van der Waals surface area contributed by atoms with Crippen molar-refractivity contribution in [2.75, 3.05) is 5.75 Å². The highest BCUT2D eigenvalue weighted by molar-refractivity contribution is 7.99. The van der Waals surface area contributed by atoms with Gasteiger partial charge in [-0.3, -0.25) is 4.79 Å². The first-order valence-electron chi connectivity index (χ1n) is 9.00. The fourth-order valence-electron chi connectivity index (χ4n) is 4.16. The normalized spacial score (nSPS) is 24.4. The van der Waals surface area contributed by atoms with Crippen LogP contribution in [0.25, 0.3) is 11.3 Å². The maximum absolute atomic E-state index is 12.3. The van der Waals surface area contributed by atoms with E-state index in [4.69, 9.17) is 0 Å². The van der Waals surface area contributed by atoms with E-state index in [1.54, 1.807) is 0 Å². The first kappa shape index (κ1) is 16.6. The predicted molar refractivity (Wildman–Crippen MR) is 100 cm³/mol. The van der Waals surface area contributed by atoms with Crippen molar-refractivity contribution in [1.82, 2.24) is 15.3 Å². The van der Waals surface area contributed by atoms with E-state index in [-0.39, 0.29) is 5.91 Å². The maximum atomic E-state index is 12.3. The van der Waals surface area contributed by atoms with Crippen LogP contribution < -0.4 is 5.32 Å². The Balaban J connectivity index is 1.37. The number of carbonyl (C=O) groups is 1. The molecule has 0 saturated heterocycles. The van der Waals surface area contributed by atoms with E-state index in [0.29, 0.717) is 22.9 Å². The van der Waals surface area contributed by atoms with Crippen molar-refractivity contribution in [1.29, 1.82) is 0 Å². The summed E-state index contributed by atoms with van der Waals surface area (Å²) in [7, 11) is 0. The molecule has 1 amide bonds. The molecule has 2 aromatic rings. The number of hydrogen-bond acceptors (Lipinski definition) is 4. The van der Waals surface area contributed by atoms with Gasteiger partial charge in [0.25, 0.3) is 0 Å². The molecule has 0 unspecified atom stereocenters. The van der Waals surface area contributed by atoms with Gasteiger partial charge < -0.3 is 5.32 Å². The number of benzene rings is 1. The van der Waals surface area contributed by atoms with Gasteiger partial charge in [0.1, 0.15) is 0 Å². The summed E-state index contributed by atoms with van der Waals surface area (Å²) >= 11 is 1.42. The van der Waals surface area contributed by atoms with E-state index in [2.05, 4.69) is 15.3 Å². The van der Waals surface area contributed by atoms with Crippen molar-refractivity contribution < 1.29 is 4.79 Å². The summed E-state index contributed by atoms with van der Waals surface area (Å²) in [4.78, 5) is 21.4. The van der Waals surface area contributed by atoms with Crippen LogP contribution in [-0.2, 0) is 4.79 Å². The highest BCUT2D eigenvalue weighted by Gasteiger charge is 2.39. The van der Waals surface area contributed by atoms with E-state index >= 15 is 0 Å². The Morgan fingerprint density at radius 2 is 2.04 bits per heavy atom. The second-order valence-corrected chi connectivity index (χ2v) is 8.12. The molecule has 2 bridgehead atoms. The molecule has 3 atom stereocenters. The minimum atomic E-state index is 0.105. The summed E-state index contributed by atoms with van der Waals surface area (Å²) in [6.07, 6.45) is 5.11. The molecule has 1 N–H and O–H groups in total. The van der Waals surface area contributed by atoms with Gasteiger partial charge in [0.2, 0.25) is 5.91 Å². The van der Waals surface area contributed by atoms with Crippen molar-refractivity contribution in [3.8, 4) is 11.3 Å². The first-order valence-corrected chi connectivity index (χ1v) is 9.99. The summed E-state index contributed by atoms with van der Waals surface area (Å²) in [6.45, 7) is 1.97. The number of thioether (sulfide) groups is 1. The van der Waals surface area contributed by atoms with Crippen molar-refractivity contribution in [3.63, 3.8) is 0 Å². The van der Waals surface area contributed by atoms with Gasteiger partial charge in [0, 0.05) is 17.3 Å². The zero-order valence-corrected chi connectivity index (χ0v) is 15.3. The number of aryl methyl sites for hydroxylation is 1. The van der Waals surface area contributed by atoms with Crippen LogP contribution in [0.2, 0.25) is 0 Å². The molecule has 1 aromatic heterocycles. The van der Waals surface area contributed by atoms with Crippen LogP contribution in [0.4, 0.5) is 0 Å². The van der Waals surface area contributed by atoms with Crippen LogP contribution in [0.3, 0.4) is 0 Å². The molecule has 0 aliphatic heterocycles. The van der Waals surface area contributed by atoms with E-state index in [1.165, 1.54) is 37.4 Å². The number of amides is 1. The number of rotatable bonds is 5. The van der Waals surface area contributed by atoms with Crippen molar-refractivity contribution in [2.24, 2.45) is 11.8 Å². The van der Waals surface area contributed by atoms with Gasteiger partial charge >= 0.3 is 0 Å². The van der Waals surface area contributed by atoms with Gasteiger partial charge in [-0.05, 0) is 44.1 Å². The third-order valence-corrected chi connectivity index (χ3v) is 6.17. The maximum Gasteiger partial charge on any atom is 0.230 e. The van der Waals surface area contributed by atoms with Crippen LogP contribution in [0.1, 0.15) is 31.4 Å². The summed E-state index contributed by atoms with van der Waals surface area (Å²) in [5.74, 6) is 2.04. The second kappa shape index (κ2) is 7.16. The van der Waals surface area contributed by atoms with Crippen LogP contribution in [0.15, 0.2) is 41.6 Å². The largest absolute Gasteiger partial charge is 0.352 e. The highest BCUT2D eigenvalue weighted by Crippen LogP contribution is 2.44. The number of hydrogen-bond donors (Lipinski definition) is 1. The minimum absolute atomic E-state index is 0.105. The second-order valence-electron chi connectivity index (χ2n) is 7.18. The van der Waals surface area contributed by atoms with Gasteiger partial charge in [0.05, 0.1) is 11.4 Å². The van der Waals surface area contributed by atoms with Gasteiger partial charge in [-0.2, -0.15) is 0 Å². The summed E-state index contributed by atoms with van der Waals surface area (Å²) in [5, 5.41) is 3.89. The molecule has 2 aliphatic carbocycles. The zero-order chi connectivity index (χ0) is 17.2. The molecule has 2 fully saturated rings. The number of nitrogens with one attached hydrogen (secondary N) is 1. The first-order chi connectivity index (χ1) is 12.2. The van der Waals surface area contributed by atoms with E-state index in [0.717, 1.165) is 22.9 Å². The van der Waals surface area contributed by atoms with Crippen LogP contribution >= 0.6 is 11.8 Å². The minimum Gasteiger partial charge on any atom is -0.352 e. The fraction of sp³-hybridized carbons (Fsp3) is 0.450. The number of fused-ring (bicyclic) bond motifs is 2. The molecule has 130 valence electrons. The Morgan fingerprint density at radius 3 is 2.76 bits per heavy atom. The Morgan fingerprint density at radius 1 is 1.20 bits per heavy atom. The summed E-state index contributed by atoms with van der Waals surface area (Å²) in [6, 6.07) is 12.5. The van der Waals surface area contributed by atoms with Crippen molar-refractivity contribution in [2.45, 2.75) is 43.8 Å². The SMILES string of the molecule is Cc1cc(-c2ccccc2)nc(SCC(=O)N[C@H]2C[C@H]3CC[C@H]2C3)n1. The number of carbonyl (C=O) groups excluding carboxylic acids is 1. The zero-order valence-electron chi connectivity index (χ0n) is 14.4. The number of nitrogens with zero attached hydrogens (tertiary/aromatic N) is 2. The quantitative estimate of drug-likeness (QED) is 0.655. The van der Waals surface area contributed by atoms with Crippen LogP contribution in [-0.4, -0.2) is 27.7 Å². The molecule has 0 spiro atoms. The van der Waals surface area contributed by atoms with Crippen molar-refractivity contribution in [3.05, 3.63) is 42.1 Å². The molecular formula is C20H23N3OS. The Kier molecular flexibility index (Phi) is 4.75. The molecule has 2 aliphatic rings. The van der Waals surface area contributed by atoms with Gasteiger partial charge in [0.15, 0.2) is 5.16 Å². The van der Waals surface area contributed by atoms with Gasteiger partial charge in [-0.15, -0.1) is 0 Å². The Bertz CT molecular complexity index is 765. The Labute approximate surface area is 152 Å². The van der Waals surface area contributed by atoms with Crippen molar-refractivity contribution >= 4 is 17.7 Å². The molecule has 4 nitrogen and oxygen atoms in total. The fourth-order valence-corrected chi connectivity index (χ4v) is 4.88. The molecular weight excluding hydrogens is 330 g/mol. The standard InChI is InChI=1S/C20H23N3OS/c1-13-9-17(15-5-3-2-4-6-15)23-20(21-13)25-12-19(24)22-18-11-14-7-8-16(18)10-14/h2-6,9,14,16,18H,7-8,10-12H2,1H3,(H,22,24)/t14-,16-,18-/m0/s1. The lowest BCUT2D eigenvalue weighted by molar-refractivity contribution is -0.119. The van der Waals surface area contributed by atoms with Crippen LogP contribution in [0.5, 0.6) is 0 Å². The lowest BCUT2D eigenvalue weighted by atomic mass is 9.95. The average Bonchev–Trinajstić information content (AvgIpc) is 3.23.